The summed E-state index contributed by atoms with van der Waals surface area (Å²) in [6.07, 6.45) is 1.74. The van der Waals surface area contributed by atoms with Crippen molar-refractivity contribution in [2.75, 3.05) is 6.54 Å². The summed E-state index contributed by atoms with van der Waals surface area (Å²) >= 11 is 5.85. The van der Waals surface area contributed by atoms with Crippen LogP contribution >= 0.6 is 11.6 Å². The minimum Gasteiger partial charge on any atom is -0.351 e. The molecule has 1 aromatic carbocycles. The van der Waals surface area contributed by atoms with Crippen LogP contribution in [0.15, 0.2) is 47.6 Å². The van der Waals surface area contributed by atoms with E-state index in [0.717, 1.165) is 12.1 Å². The Bertz CT molecular complexity index is 846. The first kappa shape index (κ1) is 18.9. The molecule has 0 fully saturated rings. The predicted octanol–water partition coefficient (Wildman–Crippen LogP) is 3.05. The molecule has 1 N–H and O–H groups in total. The van der Waals surface area contributed by atoms with Crippen molar-refractivity contribution in [2.45, 2.75) is 26.3 Å². The van der Waals surface area contributed by atoms with Gasteiger partial charge in [0.15, 0.2) is 0 Å². The van der Waals surface area contributed by atoms with E-state index in [2.05, 4.69) is 10.3 Å². The van der Waals surface area contributed by atoms with Crippen LogP contribution in [0.2, 0.25) is 5.02 Å². The van der Waals surface area contributed by atoms with Crippen LogP contribution in [0.1, 0.15) is 35.4 Å². The Morgan fingerprint density at radius 1 is 1.28 bits per heavy atom. The van der Waals surface area contributed by atoms with E-state index < -0.39 is 11.7 Å². The lowest BCUT2D eigenvalue weighted by Gasteiger charge is -2.09. The molecule has 25 heavy (non-hydrogen) atoms. The molecule has 0 spiro atoms. The Hall–Kier alpha value is -2.47. The molecule has 0 aliphatic carbocycles. The monoisotopic (exact) mass is 363 g/mol. The lowest BCUT2D eigenvalue weighted by Crippen LogP contribution is -2.32. The van der Waals surface area contributed by atoms with E-state index in [9.17, 15) is 14.0 Å². The molecule has 0 saturated carbocycles. The summed E-state index contributed by atoms with van der Waals surface area (Å²) in [4.78, 5) is 28.8. The van der Waals surface area contributed by atoms with Gasteiger partial charge >= 0.3 is 0 Å². The van der Waals surface area contributed by atoms with Gasteiger partial charge < -0.3 is 5.32 Å². The second-order valence-corrected chi connectivity index (χ2v) is 6.08. The van der Waals surface area contributed by atoms with Crippen LogP contribution in [-0.4, -0.2) is 29.0 Å². The fraction of sp³-hybridized carbons (Fsp3) is 0.278. The van der Waals surface area contributed by atoms with Gasteiger partial charge in [-0.15, -0.1) is 0 Å². The van der Waals surface area contributed by atoms with Gasteiger partial charge in [-0.3, -0.25) is 19.1 Å². The smallest absolute Gasteiger partial charge is 0.252 e. The van der Waals surface area contributed by atoms with Crippen molar-refractivity contribution >= 4 is 23.4 Å². The molecule has 0 radical (unpaired) electrons. The van der Waals surface area contributed by atoms with E-state index in [-0.39, 0.29) is 35.5 Å². The molecule has 1 aromatic heterocycles. The number of nitrogens with zero attached hydrogens (tertiary/aromatic N) is 2. The summed E-state index contributed by atoms with van der Waals surface area (Å²) in [7, 11) is 0. The second kappa shape index (κ2) is 8.58. The van der Waals surface area contributed by atoms with Gasteiger partial charge in [-0.1, -0.05) is 17.7 Å². The predicted molar refractivity (Wildman–Crippen MR) is 94.1 cm³/mol. The molecule has 0 atom stereocenters. The van der Waals surface area contributed by atoms with Gasteiger partial charge in [-0.25, -0.2) is 4.39 Å². The van der Waals surface area contributed by atoms with Crippen LogP contribution in [0.5, 0.6) is 0 Å². The van der Waals surface area contributed by atoms with Crippen LogP contribution in [-0.2, 0) is 0 Å². The SMILES string of the molecule is CC(C)N=c1ccccn1C(=O)CCNC(=O)c1ccc(F)cc1Cl. The van der Waals surface area contributed by atoms with Crippen molar-refractivity contribution in [1.82, 2.24) is 9.88 Å². The number of amides is 1. The van der Waals surface area contributed by atoms with E-state index >= 15 is 0 Å². The van der Waals surface area contributed by atoms with Crippen LogP contribution in [0.4, 0.5) is 4.39 Å². The lowest BCUT2D eigenvalue weighted by atomic mass is 10.2. The normalized spacial score (nSPS) is 11.6. The number of nitrogens with one attached hydrogen (secondary N) is 1. The number of carbonyl (C=O) groups excluding carboxylic acids is 2. The average Bonchev–Trinajstić information content (AvgIpc) is 2.54. The Balaban J connectivity index is 2.00. The van der Waals surface area contributed by atoms with Crippen molar-refractivity contribution in [3.8, 4) is 0 Å². The molecule has 0 unspecified atom stereocenters. The van der Waals surface area contributed by atoms with Crippen molar-refractivity contribution in [2.24, 2.45) is 4.99 Å². The second-order valence-electron chi connectivity index (χ2n) is 5.68. The molecule has 1 heterocycles. The van der Waals surface area contributed by atoms with Crippen molar-refractivity contribution in [3.63, 3.8) is 0 Å². The molecule has 2 aromatic rings. The third-order valence-electron chi connectivity index (χ3n) is 3.30. The zero-order valence-electron chi connectivity index (χ0n) is 14.0. The fourth-order valence-corrected chi connectivity index (χ4v) is 2.44. The topological polar surface area (TPSA) is 63.5 Å². The molecule has 2 rings (SSSR count). The number of aromatic nitrogens is 1. The highest BCUT2D eigenvalue weighted by Crippen LogP contribution is 2.16. The Morgan fingerprint density at radius 3 is 2.72 bits per heavy atom. The number of pyridine rings is 1. The Morgan fingerprint density at radius 2 is 2.04 bits per heavy atom. The number of carbonyl (C=O) groups is 2. The van der Waals surface area contributed by atoms with Gasteiger partial charge in [0.2, 0.25) is 5.91 Å². The summed E-state index contributed by atoms with van der Waals surface area (Å²) in [6, 6.07) is 8.90. The van der Waals surface area contributed by atoms with Gasteiger partial charge in [0.25, 0.3) is 5.91 Å². The van der Waals surface area contributed by atoms with Gasteiger partial charge in [0.05, 0.1) is 10.6 Å². The highest BCUT2D eigenvalue weighted by atomic mass is 35.5. The van der Waals surface area contributed by atoms with Gasteiger partial charge in [0.1, 0.15) is 11.3 Å². The molecular formula is C18H19ClFN3O2. The number of halogens is 2. The van der Waals surface area contributed by atoms with Gasteiger partial charge in [-0.2, -0.15) is 0 Å². The molecule has 0 saturated heterocycles. The lowest BCUT2D eigenvalue weighted by molar-refractivity contribution is 0.0888. The minimum absolute atomic E-state index is 0.0271. The highest BCUT2D eigenvalue weighted by Gasteiger charge is 2.12. The Labute approximate surface area is 150 Å². The molecule has 0 aliphatic rings. The summed E-state index contributed by atoms with van der Waals surface area (Å²) in [5.41, 5.74) is 0.730. The standard InChI is InChI=1S/C18H19ClFN3O2/c1-12(2)22-16-5-3-4-10-23(16)17(24)8-9-21-18(25)14-7-6-13(20)11-15(14)19/h3-7,10-12H,8-9H2,1-2H3,(H,21,25). The molecule has 0 aliphatic heterocycles. The first-order valence-corrected chi connectivity index (χ1v) is 8.24. The number of benzene rings is 1. The zero-order chi connectivity index (χ0) is 18.4. The first-order chi connectivity index (χ1) is 11.9. The van der Waals surface area contributed by atoms with E-state index in [1.165, 1.54) is 10.6 Å². The van der Waals surface area contributed by atoms with E-state index in [1.807, 2.05) is 19.9 Å². The average molecular weight is 364 g/mol. The summed E-state index contributed by atoms with van der Waals surface area (Å²) in [5.74, 6) is -1.16. The largest absolute Gasteiger partial charge is 0.351 e. The van der Waals surface area contributed by atoms with Crippen LogP contribution in [0.3, 0.4) is 0 Å². The van der Waals surface area contributed by atoms with E-state index in [1.54, 1.807) is 18.3 Å². The maximum atomic E-state index is 13.0. The van der Waals surface area contributed by atoms with Crippen LogP contribution in [0.25, 0.3) is 0 Å². The molecule has 0 bridgehead atoms. The number of rotatable bonds is 5. The van der Waals surface area contributed by atoms with Gasteiger partial charge in [0, 0.05) is 25.2 Å². The Kier molecular flexibility index (Phi) is 6.47. The quantitative estimate of drug-likeness (QED) is 0.887. The number of hydrogen-bond donors (Lipinski definition) is 1. The molecule has 7 heteroatoms. The number of hydrogen-bond acceptors (Lipinski definition) is 3. The molecule has 5 nitrogen and oxygen atoms in total. The van der Waals surface area contributed by atoms with Gasteiger partial charge in [-0.05, 0) is 44.2 Å². The maximum Gasteiger partial charge on any atom is 0.252 e. The maximum absolute atomic E-state index is 13.0. The highest BCUT2D eigenvalue weighted by molar-refractivity contribution is 6.33. The molecule has 1 amide bonds. The van der Waals surface area contributed by atoms with Crippen molar-refractivity contribution in [3.05, 3.63) is 64.5 Å². The zero-order valence-corrected chi connectivity index (χ0v) is 14.8. The molecular weight excluding hydrogens is 345 g/mol. The fourth-order valence-electron chi connectivity index (χ4n) is 2.19. The third-order valence-corrected chi connectivity index (χ3v) is 3.61. The minimum atomic E-state index is -0.515. The van der Waals surface area contributed by atoms with Crippen LogP contribution < -0.4 is 10.8 Å². The first-order valence-electron chi connectivity index (χ1n) is 7.86. The van der Waals surface area contributed by atoms with E-state index in [0.29, 0.717) is 5.49 Å². The molecule has 132 valence electrons. The summed E-state index contributed by atoms with van der Waals surface area (Å²) < 4.78 is 14.5. The van der Waals surface area contributed by atoms with Crippen molar-refractivity contribution in [1.29, 1.82) is 0 Å². The van der Waals surface area contributed by atoms with E-state index in [4.69, 9.17) is 11.6 Å². The summed E-state index contributed by atoms with van der Waals surface area (Å²) in [5, 5.41) is 2.64. The summed E-state index contributed by atoms with van der Waals surface area (Å²) in [6.45, 7) is 3.98. The van der Waals surface area contributed by atoms with Crippen LogP contribution in [0, 0.1) is 5.82 Å². The third kappa shape index (κ3) is 5.26. The van der Waals surface area contributed by atoms with Crippen molar-refractivity contribution < 1.29 is 14.0 Å².